The fourth-order valence-electron chi connectivity index (χ4n) is 1.90. The van der Waals surface area contributed by atoms with E-state index < -0.39 is 5.25 Å². The first-order chi connectivity index (χ1) is 10.5. The monoisotopic (exact) mass is 320 g/mol. The summed E-state index contributed by atoms with van der Waals surface area (Å²) in [6.07, 6.45) is 1.40. The lowest BCUT2D eigenvalue weighted by Gasteiger charge is -2.17. The Balaban J connectivity index is 1.96. The van der Waals surface area contributed by atoms with Crippen LogP contribution in [0.15, 0.2) is 53.7 Å². The largest absolute Gasteiger partial charge is 0.618 e. The molecule has 0 spiro atoms. The number of pyridine rings is 1. The van der Waals surface area contributed by atoms with Crippen LogP contribution in [0.2, 0.25) is 0 Å². The van der Waals surface area contributed by atoms with E-state index in [1.54, 1.807) is 37.3 Å². The molecule has 0 fully saturated rings. The van der Waals surface area contributed by atoms with E-state index in [0.29, 0.717) is 5.03 Å². The highest BCUT2D eigenvalue weighted by molar-refractivity contribution is 8.00. The number of nitrogens with one attached hydrogen (secondary N) is 1. The fraction of sp³-hybridized carbons (Fsp3) is 0.250. The minimum absolute atomic E-state index is 0.175. The minimum Gasteiger partial charge on any atom is -0.618 e. The van der Waals surface area contributed by atoms with Gasteiger partial charge in [0.1, 0.15) is 5.82 Å². The van der Waals surface area contributed by atoms with E-state index in [1.165, 1.54) is 30.1 Å². The second-order valence-corrected chi connectivity index (χ2v) is 6.27. The van der Waals surface area contributed by atoms with Gasteiger partial charge in [0.2, 0.25) is 5.91 Å². The van der Waals surface area contributed by atoms with Gasteiger partial charge in [0.05, 0.1) is 11.3 Å². The van der Waals surface area contributed by atoms with E-state index in [0.717, 1.165) is 10.3 Å². The van der Waals surface area contributed by atoms with E-state index in [-0.39, 0.29) is 17.8 Å². The van der Waals surface area contributed by atoms with Crippen molar-refractivity contribution in [3.63, 3.8) is 0 Å². The number of halogens is 1. The molecule has 2 aromatic rings. The molecule has 0 radical (unpaired) electrons. The highest BCUT2D eigenvalue weighted by Crippen LogP contribution is 2.21. The van der Waals surface area contributed by atoms with Gasteiger partial charge in [-0.05, 0) is 49.4 Å². The number of hydrogen-bond acceptors (Lipinski definition) is 3. The van der Waals surface area contributed by atoms with E-state index >= 15 is 0 Å². The molecule has 1 heterocycles. The maximum absolute atomic E-state index is 12.9. The molecule has 0 aliphatic carbocycles. The number of carbonyl (C=O) groups is 1. The standard InChI is InChI=1S/C16H17FN2O2S/c1-11(13-6-8-14(17)9-7-13)18-16(20)12(2)22-15-5-3-4-10-19(15)21/h3-12H,1-2H3,(H,18,20). The molecule has 0 aliphatic heterocycles. The van der Waals surface area contributed by atoms with Crippen LogP contribution < -0.4 is 10.0 Å². The molecule has 1 aromatic heterocycles. The summed E-state index contributed by atoms with van der Waals surface area (Å²) in [5, 5.41) is 14.5. The molecule has 1 amide bonds. The predicted octanol–water partition coefficient (Wildman–Crippen LogP) is 2.82. The van der Waals surface area contributed by atoms with Gasteiger partial charge < -0.3 is 10.5 Å². The van der Waals surface area contributed by atoms with E-state index in [9.17, 15) is 14.4 Å². The summed E-state index contributed by atoms with van der Waals surface area (Å²) in [7, 11) is 0. The SMILES string of the molecule is CC(Sc1cccc[n+]1[O-])C(=O)NC(C)c1ccc(F)cc1. The first-order valence-electron chi connectivity index (χ1n) is 6.88. The summed E-state index contributed by atoms with van der Waals surface area (Å²) in [6.45, 7) is 3.57. The van der Waals surface area contributed by atoms with Crippen LogP contribution in [0.5, 0.6) is 0 Å². The zero-order chi connectivity index (χ0) is 16.1. The molecule has 2 atom stereocenters. The van der Waals surface area contributed by atoms with Gasteiger partial charge in [0.25, 0.3) is 5.03 Å². The Hall–Kier alpha value is -2.08. The van der Waals surface area contributed by atoms with Crippen LogP contribution in [0.3, 0.4) is 0 Å². The molecule has 0 saturated carbocycles. The fourth-order valence-corrected chi connectivity index (χ4v) is 2.76. The van der Waals surface area contributed by atoms with Crippen LogP contribution in [0, 0.1) is 11.0 Å². The Kier molecular flexibility index (Phi) is 5.38. The molecular weight excluding hydrogens is 303 g/mol. The first-order valence-corrected chi connectivity index (χ1v) is 7.76. The molecule has 4 nitrogen and oxygen atoms in total. The first kappa shape index (κ1) is 16.3. The molecule has 2 rings (SSSR count). The van der Waals surface area contributed by atoms with Crippen molar-refractivity contribution in [2.24, 2.45) is 0 Å². The Morgan fingerprint density at radius 2 is 1.91 bits per heavy atom. The van der Waals surface area contributed by atoms with Gasteiger partial charge in [0.15, 0.2) is 6.20 Å². The highest BCUT2D eigenvalue weighted by atomic mass is 32.2. The lowest BCUT2D eigenvalue weighted by molar-refractivity contribution is -0.645. The smallest absolute Gasteiger partial charge is 0.252 e. The highest BCUT2D eigenvalue weighted by Gasteiger charge is 2.20. The summed E-state index contributed by atoms with van der Waals surface area (Å²) in [4.78, 5) is 12.2. The summed E-state index contributed by atoms with van der Waals surface area (Å²) < 4.78 is 13.6. The lowest BCUT2D eigenvalue weighted by atomic mass is 10.1. The van der Waals surface area contributed by atoms with Crippen molar-refractivity contribution < 1.29 is 13.9 Å². The second-order valence-electron chi connectivity index (χ2n) is 4.91. The second kappa shape index (κ2) is 7.26. The Labute approximate surface area is 132 Å². The molecule has 0 bridgehead atoms. The molecule has 0 aliphatic rings. The third kappa shape index (κ3) is 4.21. The number of nitrogens with zero attached hydrogens (tertiary/aromatic N) is 1. The quantitative estimate of drug-likeness (QED) is 0.523. The molecule has 1 aromatic carbocycles. The van der Waals surface area contributed by atoms with Gasteiger partial charge >= 0.3 is 0 Å². The average Bonchev–Trinajstić information content (AvgIpc) is 2.50. The number of aromatic nitrogens is 1. The number of benzene rings is 1. The molecule has 2 unspecified atom stereocenters. The van der Waals surface area contributed by atoms with Crippen LogP contribution in [-0.4, -0.2) is 11.2 Å². The average molecular weight is 320 g/mol. The van der Waals surface area contributed by atoms with Crippen molar-refractivity contribution in [3.8, 4) is 0 Å². The number of hydrogen-bond donors (Lipinski definition) is 1. The van der Waals surface area contributed by atoms with Crippen molar-refractivity contribution in [1.29, 1.82) is 0 Å². The molecule has 116 valence electrons. The van der Waals surface area contributed by atoms with E-state index in [4.69, 9.17) is 0 Å². The van der Waals surface area contributed by atoms with Gasteiger partial charge in [-0.3, -0.25) is 4.79 Å². The molecule has 22 heavy (non-hydrogen) atoms. The van der Waals surface area contributed by atoms with Crippen LogP contribution in [0.25, 0.3) is 0 Å². The van der Waals surface area contributed by atoms with Gasteiger partial charge in [-0.1, -0.05) is 12.1 Å². The van der Waals surface area contributed by atoms with E-state index in [2.05, 4.69) is 5.32 Å². The summed E-state index contributed by atoms with van der Waals surface area (Å²) in [5.41, 5.74) is 0.825. The van der Waals surface area contributed by atoms with Gasteiger partial charge in [0, 0.05) is 12.1 Å². The van der Waals surface area contributed by atoms with Crippen LogP contribution >= 0.6 is 11.8 Å². The van der Waals surface area contributed by atoms with Crippen molar-refractivity contribution in [2.45, 2.75) is 30.2 Å². The molecular formula is C16H17FN2O2S. The molecule has 6 heteroatoms. The van der Waals surface area contributed by atoms with Crippen LogP contribution in [-0.2, 0) is 4.79 Å². The third-order valence-electron chi connectivity index (χ3n) is 3.18. The van der Waals surface area contributed by atoms with Crippen molar-refractivity contribution in [3.05, 3.63) is 65.2 Å². The van der Waals surface area contributed by atoms with Crippen molar-refractivity contribution in [2.75, 3.05) is 0 Å². The normalized spacial score (nSPS) is 13.4. The third-order valence-corrected chi connectivity index (χ3v) is 4.31. The topological polar surface area (TPSA) is 56.0 Å². The number of amides is 1. The van der Waals surface area contributed by atoms with Crippen LogP contribution in [0.4, 0.5) is 4.39 Å². The van der Waals surface area contributed by atoms with Gasteiger partial charge in [-0.2, -0.15) is 4.73 Å². The molecule has 0 saturated heterocycles. The molecule has 1 N–H and O–H groups in total. The van der Waals surface area contributed by atoms with Crippen molar-refractivity contribution in [1.82, 2.24) is 5.32 Å². The lowest BCUT2D eigenvalue weighted by Crippen LogP contribution is -2.35. The zero-order valence-corrected chi connectivity index (χ0v) is 13.1. The number of thioether (sulfide) groups is 1. The summed E-state index contributed by atoms with van der Waals surface area (Å²) in [6, 6.07) is 10.8. The minimum atomic E-state index is -0.412. The zero-order valence-electron chi connectivity index (χ0n) is 12.3. The maximum atomic E-state index is 12.9. The van der Waals surface area contributed by atoms with Crippen LogP contribution in [0.1, 0.15) is 25.5 Å². The Morgan fingerprint density at radius 3 is 2.55 bits per heavy atom. The van der Waals surface area contributed by atoms with Crippen molar-refractivity contribution >= 4 is 17.7 Å². The number of rotatable bonds is 5. The predicted molar refractivity (Wildman–Crippen MR) is 83.7 cm³/mol. The van der Waals surface area contributed by atoms with Gasteiger partial charge in [-0.15, -0.1) is 0 Å². The Bertz CT molecular complexity index is 649. The summed E-state index contributed by atoms with van der Waals surface area (Å²) >= 11 is 1.20. The van der Waals surface area contributed by atoms with Gasteiger partial charge in [-0.25, -0.2) is 4.39 Å². The summed E-state index contributed by atoms with van der Waals surface area (Å²) in [5.74, 6) is -0.485. The number of carbonyl (C=O) groups excluding carboxylic acids is 1. The maximum Gasteiger partial charge on any atom is 0.252 e. The van der Waals surface area contributed by atoms with E-state index in [1.807, 2.05) is 6.92 Å². The Morgan fingerprint density at radius 1 is 1.23 bits per heavy atom.